The van der Waals surface area contributed by atoms with Gasteiger partial charge in [0, 0.05) is 5.39 Å². The van der Waals surface area contributed by atoms with Crippen LogP contribution in [0.2, 0.25) is 0 Å². The van der Waals surface area contributed by atoms with Crippen LogP contribution in [0.15, 0.2) is 66.7 Å². The number of hydrogen-bond donors (Lipinski definition) is 1. The van der Waals surface area contributed by atoms with E-state index in [0.717, 1.165) is 10.9 Å². The van der Waals surface area contributed by atoms with Crippen molar-refractivity contribution in [3.63, 3.8) is 0 Å². The Morgan fingerprint density at radius 2 is 1.68 bits per heavy atom. The minimum absolute atomic E-state index is 0.0214. The number of phenolic OH excluding ortho intramolecular Hbond substituents is 1. The predicted octanol–water partition coefficient (Wildman–Crippen LogP) is 4.58. The van der Waals surface area contributed by atoms with Crippen LogP contribution in [0, 0.1) is 5.82 Å². The van der Waals surface area contributed by atoms with E-state index in [-0.39, 0.29) is 22.9 Å². The molecule has 3 heteroatoms. The molecule has 0 aliphatic heterocycles. The fourth-order valence-electron chi connectivity index (χ4n) is 2.29. The first-order valence-corrected chi connectivity index (χ1v) is 6.84. The molecular formula is C19H13FO2. The third-order valence-electron chi connectivity index (χ3n) is 3.46. The van der Waals surface area contributed by atoms with E-state index in [0.29, 0.717) is 5.39 Å². The SMILES string of the molecule is O=C(/C=C/c1ccc(F)cc1)c1ccc2ccccc2c1O. The van der Waals surface area contributed by atoms with Crippen LogP contribution < -0.4 is 0 Å². The van der Waals surface area contributed by atoms with Crippen molar-refractivity contribution in [3.8, 4) is 5.75 Å². The van der Waals surface area contributed by atoms with Crippen LogP contribution in [0.5, 0.6) is 5.75 Å². The minimum atomic E-state index is -0.323. The lowest BCUT2D eigenvalue weighted by Crippen LogP contribution is -1.95. The number of phenols is 1. The smallest absolute Gasteiger partial charge is 0.189 e. The zero-order chi connectivity index (χ0) is 15.5. The second-order valence-electron chi connectivity index (χ2n) is 4.93. The number of aromatic hydroxyl groups is 1. The summed E-state index contributed by atoms with van der Waals surface area (Å²) in [6.07, 6.45) is 2.97. The van der Waals surface area contributed by atoms with Crippen molar-refractivity contribution in [2.75, 3.05) is 0 Å². The van der Waals surface area contributed by atoms with Gasteiger partial charge in [-0.05, 0) is 35.2 Å². The van der Waals surface area contributed by atoms with Crippen LogP contribution in [0.25, 0.3) is 16.8 Å². The van der Waals surface area contributed by atoms with Gasteiger partial charge < -0.3 is 5.11 Å². The van der Waals surface area contributed by atoms with Gasteiger partial charge in [-0.3, -0.25) is 4.79 Å². The molecule has 0 aliphatic carbocycles. The summed E-state index contributed by atoms with van der Waals surface area (Å²) in [4.78, 5) is 12.2. The van der Waals surface area contributed by atoms with E-state index in [1.54, 1.807) is 36.4 Å². The van der Waals surface area contributed by atoms with Gasteiger partial charge in [0.25, 0.3) is 0 Å². The summed E-state index contributed by atoms with van der Waals surface area (Å²) in [6, 6.07) is 16.6. The number of carbonyl (C=O) groups is 1. The lowest BCUT2D eigenvalue weighted by Gasteiger charge is -2.05. The van der Waals surface area contributed by atoms with E-state index in [1.807, 2.05) is 18.2 Å². The first-order chi connectivity index (χ1) is 10.6. The Kier molecular flexibility index (Phi) is 3.71. The van der Waals surface area contributed by atoms with Gasteiger partial charge in [-0.25, -0.2) is 4.39 Å². The quantitative estimate of drug-likeness (QED) is 0.566. The van der Waals surface area contributed by atoms with Crippen molar-refractivity contribution >= 4 is 22.6 Å². The first kappa shape index (κ1) is 14.0. The van der Waals surface area contributed by atoms with Crippen molar-refractivity contribution in [1.29, 1.82) is 0 Å². The molecule has 2 nitrogen and oxygen atoms in total. The molecule has 0 heterocycles. The van der Waals surface area contributed by atoms with Gasteiger partial charge in [0.1, 0.15) is 11.6 Å². The molecule has 0 saturated heterocycles. The molecule has 0 fully saturated rings. The summed E-state index contributed by atoms with van der Waals surface area (Å²) in [5.41, 5.74) is 0.965. The van der Waals surface area contributed by atoms with Crippen molar-refractivity contribution in [3.05, 3.63) is 83.7 Å². The highest BCUT2D eigenvalue weighted by molar-refractivity contribution is 6.11. The molecule has 3 aromatic carbocycles. The maximum atomic E-state index is 12.8. The summed E-state index contributed by atoms with van der Waals surface area (Å²) in [7, 11) is 0. The number of hydrogen-bond acceptors (Lipinski definition) is 2. The molecule has 3 rings (SSSR count). The summed E-state index contributed by atoms with van der Waals surface area (Å²) >= 11 is 0. The monoisotopic (exact) mass is 292 g/mol. The standard InChI is InChI=1S/C19H13FO2/c20-15-9-5-13(6-10-15)7-12-18(21)17-11-8-14-3-1-2-4-16(14)19(17)22/h1-12,22H/b12-7+. The molecule has 0 unspecified atom stereocenters. The Morgan fingerprint density at radius 1 is 0.955 bits per heavy atom. The van der Waals surface area contributed by atoms with Gasteiger partial charge in [0.2, 0.25) is 0 Å². The Hall–Kier alpha value is -2.94. The van der Waals surface area contributed by atoms with E-state index in [1.165, 1.54) is 18.2 Å². The maximum Gasteiger partial charge on any atom is 0.189 e. The second kappa shape index (κ2) is 5.82. The van der Waals surface area contributed by atoms with Crippen molar-refractivity contribution in [2.24, 2.45) is 0 Å². The van der Waals surface area contributed by atoms with Gasteiger partial charge in [-0.15, -0.1) is 0 Å². The Morgan fingerprint density at radius 3 is 2.45 bits per heavy atom. The highest BCUT2D eigenvalue weighted by atomic mass is 19.1. The molecule has 0 radical (unpaired) electrons. The van der Waals surface area contributed by atoms with Crippen molar-refractivity contribution < 1.29 is 14.3 Å². The van der Waals surface area contributed by atoms with Crippen LogP contribution in [0.3, 0.4) is 0 Å². The van der Waals surface area contributed by atoms with E-state index in [2.05, 4.69) is 0 Å². The van der Waals surface area contributed by atoms with E-state index < -0.39 is 0 Å². The first-order valence-electron chi connectivity index (χ1n) is 6.84. The second-order valence-corrected chi connectivity index (χ2v) is 4.93. The summed E-state index contributed by atoms with van der Waals surface area (Å²) in [6.45, 7) is 0. The molecule has 0 amide bonds. The zero-order valence-electron chi connectivity index (χ0n) is 11.7. The molecule has 0 atom stereocenters. The van der Waals surface area contributed by atoms with E-state index in [9.17, 15) is 14.3 Å². The number of benzene rings is 3. The highest BCUT2D eigenvalue weighted by Gasteiger charge is 2.11. The van der Waals surface area contributed by atoms with E-state index >= 15 is 0 Å². The van der Waals surface area contributed by atoms with Gasteiger partial charge in [-0.1, -0.05) is 48.5 Å². The molecule has 0 saturated carbocycles. The molecule has 0 aromatic heterocycles. The fourth-order valence-corrected chi connectivity index (χ4v) is 2.29. The number of halogens is 1. The number of carbonyl (C=O) groups excluding carboxylic acids is 1. The van der Waals surface area contributed by atoms with Crippen LogP contribution in [0.4, 0.5) is 4.39 Å². The largest absolute Gasteiger partial charge is 0.507 e. The average Bonchev–Trinajstić information content (AvgIpc) is 2.55. The Balaban J connectivity index is 1.92. The lowest BCUT2D eigenvalue weighted by molar-refractivity contribution is 0.104. The number of allylic oxidation sites excluding steroid dienone is 1. The summed E-state index contributed by atoms with van der Waals surface area (Å²) < 4.78 is 12.8. The van der Waals surface area contributed by atoms with Gasteiger partial charge in [0.05, 0.1) is 5.56 Å². The van der Waals surface area contributed by atoms with Crippen LogP contribution in [-0.4, -0.2) is 10.9 Å². The third kappa shape index (κ3) is 2.74. The number of rotatable bonds is 3. The summed E-state index contributed by atoms with van der Waals surface area (Å²) in [5, 5.41) is 11.8. The molecule has 22 heavy (non-hydrogen) atoms. The zero-order valence-corrected chi connectivity index (χ0v) is 11.7. The molecular weight excluding hydrogens is 279 g/mol. The predicted molar refractivity (Wildman–Crippen MR) is 85.4 cm³/mol. The summed E-state index contributed by atoms with van der Waals surface area (Å²) in [5.74, 6) is -0.643. The lowest BCUT2D eigenvalue weighted by atomic mass is 10.0. The molecule has 108 valence electrons. The third-order valence-corrected chi connectivity index (χ3v) is 3.46. The topological polar surface area (TPSA) is 37.3 Å². The van der Waals surface area contributed by atoms with Crippen molar-refractivity contribution in [2.45, 2.75) is 0 Å². The maximum absolute atomic E-state index is 12.8. The normalized spacial score (nSPS) is 11.1. The fraction of sp³-hybridized carbons (Fsp3) is 0. The van der Waals surface area contributed by atoms with Crippen LogP contribution in [-0.2, 0) is 0 Å². The molecule has 0 aliphatic rings. The molecule has 3 aromatic rings. The highest BCUT2D eigenvalue weighted by Crippen LogP contribution is 2.29. The van der Waals surface area contributed by atoms with Crippen LogP contribution >= 0.6 is 0 Å². The Labute approximate surface area is 127 Å². The van der Waals surface area contributed by atoms with Crippen molar-refractivity contribution in [1.82, 2.24) is 0 Å². The van der Waals surface area contributed by atoms with Gasteiger partial charge >= 0.3 is 0 Å². The van der Waals surface area contributed by atoms with Gasteiger partial charge in [0.15, 0.2) is 5.78 Å². The average molecular weight is 292 g/mol. The molecule has 0 bridgehead atoms. The molecule has 1 N–H and O–H groups in total. The molecule has 0 spiro atoms. The Bertz CT molecular complexity index is 864. The number of ketones is 1. The van der Waals surface area contributed by atoms with Gasteiger partial charge in [-0.2, -0.15) is 0 Å². The van der Waals surface area contributed by atoms with Crippen LogP contribution in [0.1, 0.15) is 15.9 Å². The van der Waals surface area contributed by atoms with E-state index in [4.69, 9.17) is 0 Å². The number of fused-ring (bicyclic) bond motifs is 1. The minimum Gasteiger partial charge on any atom is -0.507 e.